The number of anilines is 1. The number of rotatable bonds is 1. The SMILES string of the molecule is COc1ccc2nc(C)cc(N)c2c1. The van der Waals surface area contributed by atoms with Crippen molar-refractivity contribution in [1.82, 2.24) is 4.98 Å². The zero-order valence-corrected chi connectivity index (χ0v) is 8.24. The van der Waals surface area contributed by atoms with Crippen LogP contribution in [-0.4, -0.2) is 12.1 Å². The van der Waals surface area contributed by atoms with Crippen LogP contribution in [0.1, 0.15) is 5.69 Å². The van der Waals surface area contributed by atoms with Gasteiger partial charge in [0.15, 0.2) is 0 Å². The highest BCUT2D eigenvalue weighted by molar-refractivity contribution is 5.91. The molecule has 0 fully saturated rings. The van der Waals surface area contributed by atoms with E-state index in [-0.39, 0.29) is 0 Å². The second-order valence-corrected chi connectivity index (χ2v) is 3.24. The monoisotopic (exact) mass is 188 g/mol. The lowest BCUT2D eigenvalue weighted by Gasteiger charge is -2.05. The third kappa shape index (κ3) is 1.37. The molecule has 0 saturated carbocycles. The summed E-state index contributed by atoms with van der Waals surface area (Å²) in [5.74, 6) is 0.801. The van der Waals surface area contributed by atoms with Crippen LogP contribution in [-0.2, 0) is 0 Å². The van der Waals surface area contributed by atoms with Crippen LogP contribution >= 0.6 is 0 Å². The van der Waals surface area contributed by atoms with Crippen molar-refractivity contribution in [3.8, 4) is 5.75 Å². The summed E-state index contributed by atoms with van der Waals surface area (Å²) in [6, 6.07) is 7.56. The number of aromatic nitrogens is 1. The first-order valence-electron chi connectivity index (χ1n) is 4.41. The quantitative estimate of drug-likeness (QED) is 0.745. The number of aryl methyl sites for hydroxylation is 1. The zero-order valence-electron chi connectivity index (χ0n) is 8.24. The van der Waals surface area contributed by atoms with Gasteiger partial charge in [0.2, 0.25) is 0 Å². The van der Waals surface area contributed by atoms with Gasteiger partial charge in [0.1, 0.15) is 5.75 Å². The highest BCUT2D eigenvalue weighted by Gasteiger charge is 2.02. The number of nitrogens with zero attached hydrogens (tertiary/aromatic N) is 1. The predicted octanol–water partition coefficient (Wildman–Crippen LogP) is 2.13. The van der Waals surface area contributed by atoms with Crippen LogP contribution in [0.4, 0.5) is 5.69 Å². The lowest BCUT2D eigenvalue weighted by atomic mass is 10.1. The molecule has 1 aromatic heterocycles. The normalized spacial score (nSPS) is 10.4. The molecule has 2 rings (SSSR count). The molecule has 1 aromatic carbocycles. The molecule has 2 aromatic rings. The lowest BCUT2D eigenvalue weighted by molar-refractivity contribution is 0.415. The summed E-state index contributed by atoms with van der Waals surface area (Å²) >= 11 is 0. The van der Waals surface area contributed by atoms with Gasteiger partial charge in [0, 0.05) is 16.8 Å². The summed E-state index contributed by atoms with van der Waals surface area (Å²) in [6.07, 6.45) is 0. The molecule has 14 heavy (non-hydrogen) atoms. The van der Waals surface area contributed by atoms with Gasteiger partial charge in [-0.05, 0) is 31.2 Å². The van der Waals surface area contributed by atoms with Crippen molar-refractivity contribution < 1.29 is 4.74 Å². The minimum Gasteiger partial charge on any atom is -0.497 e. The maximum Gasteiger partial charge on any atom is 0.119 e. The van der Waals surface area contributed by atoms with E-state index in [1.165, 1.54) is 0 Å². The highest BCUT2D eigenvalue weighted by atomic mass is 16.5. The summed E-state index contributed by atoms with van der Waals surface area (Å²) in [4.78, 5) is 4.38. The van der Waals surface area contributed by atoms with Gasteiger partial charge >= 0.3 is 0 Å². The van der Waals surface area contributed by atoms with E-state index in [1.54, 1.807) is 7.11 Å². The molecular formula is C11H12N2O. The fourth-order valence-corrected chi connectivity index (χ4v) is 1.50. The molecule has 1 heterocycles. The lowest BCUT2D eigenvalue weighted by Crippen LogP contribution is -1.92. The van der Waals surface area contributed by atoms with Crippen LogP contribution < -0.4 is 10.5 Å². The fourth-order valence-electron chi connectivity index (χ4n) is 1.50. The van der Waals surface area contributed by atoms with Crippen LogP contribution in [0.5, 0.6) is 5.75 Å². The van der Waals surface area contributed by atoms with Crippen LogP contribution in [0.2, 0.25) is 0 Å². The highest BCUT2D eigenvalue weighted by Crippen LogP contribution is 2.24. The van der Waals surface area contributed by atoms with Crippen LogP contribution in [0.25, 0.3) is 10.9 Å². The van der Waals surface area contributed by atoms with E-state index in [0.29, 0.717) is 0 Å². The van der Waals surface area contributed by atoms with Gasteiger partial charge in [0.05, 0.1) is 12.6 Å². The number of methoxy groups -OCH3 is 1. The Hall–Kier alpha value is -1.77. The number of fused-ring (bicyclic) bond motifs is 1. The fraction of sp³-hybridized carbons (Fsp3) is 0.182. The molecule has 0 unspecified atom stereocenters. The molecule has 0 aliphatic rings. The number of pyridine rings is 1. The van der Waals surface area contributed by atoms with E-state index in [1.807, 2.05) is 31.2 Å². The molecule has 0 amide bonds. The Labute approximate surface area is 82.5 Å². The number of nitrogens with two attached hydrogens (primary N) is 1. The maximum atomic E-state index is 5.89. The Bertz CT molecular complexity index is 480. The first kappa shape index (κ1) is 8.81. The summed E-state index contributed by atoms with van der Waals surface area (Å²) in [6.45, 7) is 1.93. The van der Waals surface area contributed by atoms with E-state index in [0.717, 1.165) is 28.0 Å². The first-order valence-corrected chi connectivity index (χ1v) is 4.41. The van der Waals surface area contributed by atoms with Gasteiger partial charge in [-0.1, -0.05) is 0 Å². The molecule has 3 nitrogen and oxygen atoms in total. The molecule has 3 heteroatoms. The van der Waals surface area contributed by atoms with Crippen molar-refractivity contribution >= 4 is 16.6 Å². The average Bonchev–Trinajstić information content (AvgIpc) is 2.17. The van der Waals surface area contributed by atoms with E-state index >= 15 is 0 Å². The molecule has 0 aliphatic heterocycles. The summed E-state index contributed by atoms with van der Waals surface area (Å²) in [5.41, 5.74) is 8.46. The number of hydrogen-bond donors (Lipinski definition) is 1. The van der Waals surface area contributed by atoms with Gasteiger partial charge in [-0.25, -0.2) is 0 Å². The molecule has 0 aliphatic carbocycles. The smallest absolute Gasteiger partial charge is 0.119 e. The van der Waals surface area contributed by atoms with Crippen molar-refractivity contribution in [3.05, 3.63) is 30.0 Å². The van der Waals surface area contributed by atoms with E-state index in [9.17, 15) is 0 Å². The van der Waals surface area contributed by atoms with Gasteiger partial charge in [-0.3, -0.25) is 4.98 Å². The third-order valence-corrected chi connectivity index (χ3v) is 2.18. The van der Waals surface area contributed by atoms with Gasteiger partial charge in [-0.2, -0.15) is 0 Å². The van der Waals surface area contributed by atoms with E-state index in [2.05, 4.69) is 4.98 Å². The van der Waals surface area contributed by atoms with Crippen molar-refractivity contribution in [2.24, 2.45) is 0 Å². The van der Waals surface area contributed by atoms with Crippen molar-refractivity contribution in [1.29, 1.82) is 0 Å². The van der Waals surface area contributed by atoms with Crippen molar-refractivity contribution in [2.75, 3.05) is 12.8 Å². The number of nitrogen functional groups attached to an aromatic ring is 1. The molecule has 72 valence electrons. The number of benzene rings is 1. The van der Waals surface area contributed by atoms with E-state index in [4.69, 9.17) is 10.5 Å². The number of ether oxygens (including phenoxy) is 1. The standard InChI is InChI=1S/C11H12N2O/c1-7-5-10(12)9-6-8(14-2)3-4-11(9)13-7/h3-6H,1-2H3,(H2,12,13). The summed E-state index contributed by atoms with van der Waals surface area (Å²) in [7, 11) is 1.64. The largest absolute Gasteiger partial charge is 0.497 e. The second-order valence-electron chi connectivity index (χ2n) is 3.24. The Kier molecular flexibility index (Phi) is 2.00. The maximum absolute atomic E-state index is 5.89. The molecule has 0 saturated heterocycles. The average molecular weight is 188 g/mol. The minimum atomic E-state index is 0.742. The Morgan fingerprint density at radius 2 is 2.07 bits per heavy atom. The van der Waals surface area contributed by atoms with Gasteiger partial charge in [0.25, 0.3) is 0 Å². The van der Waals surface area contributed by atoms with Crippen molar-refractivity contribution in [2.45, 2.75) is 6.92 Å². The molecular weight excluding hydrogens is 176 g/mol. The zero-order chi connectivity index (χ0) is 10.1. The van der Waals surface area contributed by atoms with Gasteiger partial charge in [-0.15, -0.1) is 0 Å². The van der Waals surface area contributed by atoms with Gasteiger partial charge < -0.3 is 10.5 Å². The Morgan fingerprint density at radius 3 is 2.79 bits per heavy atom. The van der Waals surface area contributed by atoms with E-state index < -0.39 is 0 Å². The molecule has 0 bridgehead atoms. The molecule has 0 atom stereocenters. The topological polar surface area (TPSA) is 48.1 Å². The van der Waals surface area contributed by atoms with Crippen LogP contribution in [0, 0.1) is 6.92 Å². The molecule has 2 N–H and O–H groups in total. The summed E-state index contributed by atoms with van der Waals surface area (Å²) < 4.78 is 5.12. The van der Waals surface area contributed by atoms with Crippen LogP contribution in [0.3, 0.4) is 0 Å². The van der Waals surface area contributed by atoms with Crippen molar-refractivity contribution in [3.63, 3.8) is 0 Å². The Morgan fingerprint density at radius 1 is 1.29 bits per heavy atom. The summed E-state index contributed by atoms with van der Waals surface area (Å²) in [5, 5.41) is 0.940. The first-order chi connectivity index (χ1) is 6.70. The molecule has 0 spiro atoms. The third-order valence-electron chi connectivity index (χ3n) is 2.18. The molecule has 0 radical (unpaired) electrons. The second kappa shape index (κ2) is 3.18. The Balaban J connectivity index is 2.75. The predicted molar refractivity (Wildman–Crippen MR) is 57.4 cm³/mol. The van der Waals surface area contributed by atoms with Crippen LogP contribution in [0.15, 0.2) is 24.3 Å². The number of hydrogen-bond acceptors (Lipinski definition) is 3. The minimum absolute atomic E-state index is 0.742.